The van der Waals surface area contributed by atoms with Gasteiger partial charge in [-0.05, 0) is 33.6 Å². The summed E-state index contributed by atoms with van der Waals surface area (Å²) >= 11 is 0. The molecular weight excluding hydrogens is 330 g/mol. The molecule has 0 unspecified atom stereocenters. The molecule has 0 saturated heterocycles. The van der Waals surface area contributed by atoms with Crippen LogP contribution in [0.4, 0.5) is 4.79 Å². The van der Waals surface area contributed by atoms with E-state index in [2.05, 4.69) is 10.6 Å². The SMILES string of the molecule is CC(C)(C)OC(=O)NCCCOCCC(=O)NCCOCCCNO. The van der Waals surface area contributed by atoms with Crippen molar-refractivity contribution in [2.24, 2.45) is 0 Å². The average Bonchev–Trinajstić information content (AvgIpc) is 2.51. The Labute approximate surface area is 149 Å². The number of amides is 2. The number of hydroxylamine groups is 1. The van der Waals surface area contributed by atoms with Crippen LogP contribution >= 0.6 is 0 Å². The van der Waals surface area contributed by atoms with Crippen molar-refractivity contribution in [2.45, 2.75) is 45.6 Å². The van der Waals surface area contributed by atoms with E-state index in [4.69, 9.17) is 19.4 Å². The van der Waals surface area contributed by atoms with Crippen LogP contribution in [-0.2, 0) is 19.0 Å². The molecule has 2 amide bonds. The monoisotopic (exact) mass is 363 g/mol. The lowest BCUT2D eigenvalue weighted by Crippen LogP contribution is -2.33. The minimum Gasteiger partial charge on any atom is -0.444 e. The molecule has 0 aliphatic carbocycles. The van der Waals surface area contributed by atoms with Gasteiger partial charge in [-0.3, -0.25) is 4.79 Å². The van der Waals surface area contributed by atoms with E-state index in [1.807, 2.05) is 26.3 Å². The van der Waals surface area contributed by atoms with Crippen molar-refractivity contribution in [3.05, 3.63) is 0 Å². The largest absolute Gasteiger partial charge is 0.444 e. The topological polar surface area (TPSA) is 118 Å². The average molecular weight is 363 g/mol. The third-order valence-corrected chi connectivity index (χ3v) is 2.75. The fourth-order valence-electron chi connectivity index (χ4n) is 1.65. The smallest absolute Gasteiger partial charge is 0.407 e. The number of hydrogen-bond acceptors (Lipinski definition) is 7. The minimum atomic E-state index is -0.504. The van der Waals surface area contributed by atoms with Crippen molar-refractivity contribution in [3.8, 4) is 0 Å². The van der Waals surface area contributed by atoms with Gasteiger partial charge in [-0.1, -0.05) is 0 Å². The van der Waals surface area contributed by atoms with Gasteiger partial charge in [-0.15, -0.1) is 0 Å². The zero-order chi connectivity index (χ0) is 19.0. The maximum Gasteiger partial charge on any atom is 0.407 e. The second-order valence-corrected chi connectivity index (χ2v) is 6.37. The molecule has 0 atom stereocenters. The van der Waals surface area contributed by atoms with Crippen LogP contribution in [0, 0.1) is 0 Å². The van der Waals surface area contributed by atoms with E-state index in [0.29, 0.717) is 58.9 Å². The van der Waals surface area contributed by atoms with E-state index in [1.54, 1.807) is 0 Å². The lowest BCUT2D eigenvalue weighted by molar-refractivity contribution is -0.122. The first-order valence-electron chi connectivity index (χ1n) is 8.61. The molecule has 0 saturated carbocycles. The van der Waals surface area contributed by atoms with Crippen LogP contribution in [-0.4, -0.2) is 68.9 Å². The lowest BCUT2D eigenvalue weighted by Gasteiger charge is -2.19. The second-order valence-electron chi connectivity index (χ2n) is 6.37. The van der Waals surface area contributed by atoms with E-state index in [9.17, 15) is 9.59 Å². The summed E-state index contributed by atoms with van der Waals surface area (Å²) in [6, 6.07) is 0. The minimum absolute atomic E-state index is 0.0903. The van der Waals surface area contributed by atoms with Crippen LogP contribution in [0.3, 0.4) is 0 Å². The van der Waals surface area contributed by atoms with Crippen molar-refractivity contribution < 1.29 is 29.0 Å². The lowest BCUT2D eigenvalue weighted by atomic mass is 10.2. The zero-order valence-corrected chi connectivity index (χ0v) is 15.6. The highest BCUT2D eigenvalue weighted by Gasteiger charge is 2.15. The number of nitrogens with one attached hydrogen (secondary N) is 3. The van der Waals surface area contributed by atoms with Crippen molar-refractivity contribution in [1.82, 2.24) is 16.1 Å². The van der Waals surface area contributed by atoms with Crippen LogP contribution < -0.4 is 16.1 Å². The maximum atomic E-state index is 11.5. The van der Waals surface area contributed by atoms with Gasteiger partial charge < -0.3 is 30.1 Å². The predicted molar refractivity (Wildman–Crippen MR) is 92.5 cm³/mol. The molecule has 0 rings (SSSR count). The highest BCUT2D eigenvalue weighted by atomic mass is 16.6. The Hall–Kier alpha value is -1.42. The van der Waals surface area contributed by atoms with E-state index in [0.717, 1.165) is 0 Å². The fourth-order valence-corrected chi connectivity index (χ4v) is 1.65. The van der Waals surface area contributed by atoms with Gasteiger partial charge in [0, 0.05) is 39.3 Å². The summed E-state index contributed by atoms with van der Waals surface area (Å²) in [7, 11) is 0. The second kappa shape index (κ2) is 14.9. The third-order valence-electron chi connectivity index (χ3n) is 2.75. The summed E-state index contributed by atoms with van der Waals surface area (Å²) in [6.07, 6.45) is 1.20. The molecule has 0 bridgehead atoms. The van der Waals surface area contributed by atoms with Crippen molar-refractivity contribution >= 4 is 12.0 Å². The Morgan fingerprint density at radius 2 is 1.52 bits per heavy atom. The van der Waals surface area contributed by atoms with E-state index >= 15 is 0 Å². The predicted octanol–water partition coefficient (Wildman–Crippen LogP) is 0.810. The summed E-state index contributed by atoms with van der Waals surface area (Å²) in [5, 5.41) is 13.7. The Kier molecular flexibility index (Phi) is 14.0. The molecule has 148 valence electrons. The Morgan fingerprint density at radius 3 is 2.16 bits per heavy atom. The molecule has 0 aromatic heterocycles. The molecule has 0 aromatic rings. The molecule has 0 spiro atoms. The molecule has 4 N–H and O–H groups in total. The summed E-state index contributed by atoms with van der Waals surface area (Å²) in [4.78, 5) is 22.9. The molecule has 0 aliphatic rings. The highest BCUT2D eigenvalue weighted by Crippen LogP contribution is 2.06. The summed E-state index contributed by atoms with van der Waals surface area (Å²) < 4.78 is 15.7. The first-order chi connectivity index (χ1) is 11.8. The standard InChI is InChI=1S/C16H33N3O6/c1-16(2,3)25-15(21)18-7-4-10-23-12-6-14(20)17-9-13-24-11-5-8-19-22/h19,22H,4-13H2,1-3H3,(H,17,20)(H,18,21). The van der Waals surface area contributed by atoms with Crippen LogP contribution in [0.1, 0.15) is 40.0 Å². The van der Waals surface area contributed by atoms with Gasteiger partial charge in [0.25, 0.3) is 0 Å². The maximum absolute atomic E-state index is 11.5. The number of rotatable bonds is 14. The van der Waals surface area contributed by atoms with Crippen LogP contribution in [0.15, 0.2) is 0 Å². The van der Waals surface area contributed by atoms with Crippen LogP contribution in [0.25, 0.3) is 0 Å². The summed E-state index contributed by atoms with van der Waals surface area (Å²) in [6.45, 7) is 8.59. The van der Waals surface area contributed by atoms with Gasteiger partial charge in [0.05, 0.1) is 13.2 Å². The quantitative estimate of drug-likeness (QED) is 0.266. The Balaban J connectivity index is 3.33. The summed E-state index contributed by atoms with van der Waals surface area (Å²) in [5.41, 5.74) is 1.54. The Morgan fingerprint density at radius 1 is 0.880 bits per heavy atom. The number of carbonyl (C=O) groups excluding carboxylic acids is 2. The number of hydrogen-bond donors (Lipinski definition) is 4. The molecule has 0 aliphatic heterocycles. The number of alkyl carbamates (subject to hydrolysis) is 1. The van der Waals surface area contributed by atoms with E-state index < -0.39 is 11.7 Å². The van der Waals surface area contributed by atoms with Crippen molar-refractivity contribution in [2.75, 3.05) is 46.1 Å². The van der Waals surface area contributed by atoms with Gasteiger partial charge in [-0.2, -0.15) is 0 Å². The first kappa shape index (κ1) is 23.6. The number of ether oxygens (including phenoxy) is 3. The number of carbonyl (C=O) groups is 2. The molecule has 25 heavy (non-hydrogen) atoms. The van der Waals surface area contributed by atoms with Crippen LogP contribution in [0.2, 0.25) is 0 Å². The zero-order valence-electron chi connectivity index (χ0n) is 15.6. The molecule has 0 radical (unpaired) electrons. The van der Waals surface area contributed by atoms with Crippen molar-refractivity contribution in [1.29, 1.82) is 0 Å². The van der Waals surface area contributed by atoms with Gasteiger partial charge in [-0.25, -0.2) is 10.3 Å². The molecule has 9 nitrogen and oxygen atoms in total. The van der Waals surface area contributed by atoms with Gasteiger partial charge in [0.2, 0.25) is 5.91 Å². The fraction of sp³-hybridized carbons (Fsp3) is 0.875. The van der Waals surface area contributed by atoms with Gasteiger partial charge in [0.15, 0.2) is 0 Å². The van der Waals surface area contributed by atoms with Gasteiger partial charge >= 0.3 is 6.09 Å². The normalized spacial score (nSPS) is 11.2. The highest BCUT2D eigenvalue weighted by molar-refractivity contribution is 5.75. The molecule has 0 aromatic carbocycles. The van der Waals surface area contributed by atoms with E-state index in [1.165, 1.54) is 0 Å². The third kappa shape index (κ3) is 18.8. The van der Waals surface area contributed by atoms with Crippen molar-refractivity contribution in [3.63, 3.8) is 0 Å². The molecule has 9 heteroatoms. The molecule has 0 heterocycles. The molecular formula is C16H33N3O6. The van der Waals surface area contributed by atoms with E-state index in [-0.39, 0.29) is 12.3 Å². The Bertz CT molecular complexity index is 360. The molecule has 0 fully saturated rings. The van der Waals surface area contributed by atoms with Crippen LogP contribution in [0.5, 0.6) is 0 Å². The van der Waals surface area contributed by atoms with Gasteiger partial charge in [0.1, 0.15) is 5.60 Å². The summed E-state index contributed by atoms with van der Waals surface area (Å²) in [5.74, 6) is -0.0903. The first-order valence-corrected chi connectivity index (χ1v) is 8.61.